The average Bonchev–Trinajstić information content (AvgIpc) is 3.85. The predicted molar refractivity (Wildman–Crippen MR) is 210 cm³/mol. The predicted octanol–water partition coefficient (Wildman–Crippen LogP) is 4.70. The molecular weight excluding hydrogens is 756 g/mol. The molecule has 2 aliphatic heterocycles. The van der Waals surface area contributed by atoms with Crippen LogP contribution in [0.5, 0.6) is 0 Å². The number of nitrogens with one attached hydrogen (secondary N) is 5. The molecule has 0 bridgehead atoms. The monoisotopic (exact) mass is 796 g/mol. The minimum atomic E-state index is -1.24. The lowest BCUT2D eigenvalue weighted by molar-refractivity contribution is -0.137. The van der Waals surface area contributed by atoms with Gasteiger partial charge in [0, 0.05) is 52.2 Å². The summed E-state index contributed by atoms with van der Waals surface area (Å²) in [5, 5.41) is 22.8. The number of benzene rings is 3. The Morgan fingerprint density at radius 2 is 1.65 bits per heavy atom. The lowest BCUT2D eigenvalue weighted by atomic mass is 9.77. The summed E-state index contributed by atoms with van der Waals surface area (Å²) in [5.41, 5.74) is 2.47. The minimum Gasteiger partial charge on any atom is -0.455 e. The second kappa shape index (κ2) is 16.0. The van der Waals surface area contributed by atoms with E-state index in [0.29, 0.717) is 46.6 Å². The topological polar surface area (TPSA) is 215 Å². The van der Waals surface area contributed by atoms with E-state index in [0.717, 1.165) is 26.1 Å². The van der Waals surface area contributed by atoms with E-state index in [1.807, 2.05) is 0 Å². The van der Waals surface area contributed by atoms with E-state index in [9.17, 15) is 24.0 Å². The van der Waals surface area contributed by atoms with Crippen molar-refractivity contribution in [1.29, 1.82) is 0 Å². The molecule has 5 aromatic rings. The highest BCUT2D eigenvalue weighted by atomic mass is 35.5. The number of ether oxygens (including phenoxy) is 2. The van der Waals surface area contributed by atoms with Crippen LogP contribution in [0.2, 0.25) is 5.02 Å². The fourth-order valence-corrected chi connectivity index (χ4v) is 6.77. The number of esters is 1. The van der Waals surface area contributed by atoms with E-state index in [4.69, 9.17) is 21.1 Å². The Bertz CT molecular complexity index is 2310. The number of urea groups is 1. The number of tetrazole rings is 1. The van der Waals surface area contributed by atoms with Gasteiger partial charge in [-0.15, -0.1) is 5.10 Å². The Morgan fingerprint density at radius 1 is 0.912 bits per heavy atom. The van der Waals surface area contributed by atoms with Gasteiger partial charge in [0.25, 0.3) is 0 Å². The number of hydrogen-bond donors (Lipinski definition) is 5. The summed E-state index contributed by atoms with van der Waals surface area (Å²) in [7, 11) is 0. The summed E-state index contributed by atoms with van der Waals surface area (Å²) < 4.78 is 12.1. The van der Waals surface area contributed by atoms with Crippen molar-refractivity contribution in [2.75, 3.05) is 42.3 Å². The standard InChI is InChI=1S/C39H41ClN10O7/c1-38(2,3)57-36(54)31-18-24-17-27(9-10-28(24)44-31)42-33(51)30(46-35(53)34(52)45-29-19-25(40)6-11-32(29)50-22-41-47-48-50)16-23-4-7-26(8-5-23)43-37(55)49-14-12-39(13-15-49)20-56-21-39/h4-11,17-19,22,30,44H,12-16,20-21H2,1-3H3,(H,42,51)(H,43,55)(H,45,52)(H,46,53)/t30-/m0/s1. The SMILES string of the molecule is CC(C)(C)OC(=O)c1cc2cc(NC(=O)[C@H](Cc3ccc(NC(=O)N4CCC5(CC4)COC5)cc3)NC(=O)C(=O)Nc3cc(Cl)ccc3-n3cnnn3)ccc2[nH]1. The van der Waals surface area contributed by atoms with E-state index in [-0.39, 0.29) is 34.3 Å². The quantitative estimate of drug-likeness (QED) is 0.102. The van der Waals surface area contributed by atoms with Crippen molar-refractivity contribution in [3.63, 3.8) is 0 Å². The fourth-order valence-electron chi connectivity index (χ4n) is 6.60. The van der Waals surface area contributed by atoms with E-state index in [1.54, 1.807) is 86.3 Å². The van der Waals surface area contributed by atoms with Gasteiger partial charge in [0.2, 0.25) is 5.91 Å². The molecule has 0 aliphatic carbocycles. The molecule has 2 saturated heterocycles. The van der Waals surface area contributed by atoms with Crippen LogP contribution in [0.3, 0.4) is 0 Å². The van der Waals surface area contributed by atoms with Crippen molar-refractivity contribution in [2.24, 2.45) is 5.41 Å². The van der Waals surface area contributed by atoms with Gasteiger partial charge in [-0.05, 0) is 104 Å². The second-order valence-electron chi connectivity index (χ2n) is 15.2. The average molecular weight is 797 g/mol. The summed E-state index contributed by atoms with van der Waals surface area (Å²) >= 11 is 6.19. The van der Waals surface area contributed by atoms with Crippen molar-refractivity contribution in [3.05, 3.63) is 89.3 Å². The molecule has 2 aromatic heterocycles. The molecule has 2 fully saturated rings. The molecule has 7 rings (SSSR count). The van der Waals surface area contributed by atoms with Crippen LogP contribution in [0.4, 0.5) is 21.9 Å². The van der Waals surface area contributed by atoms with Crippen molar-refractivity contribution in [1.82, 2.24) is 35.4 Å². The first kappa shape index (κ1) is 38.9. The highest BCUT2D eigenvalue weighted by Crippen LogP contribution is 2.38. The molecule has 4 heterocycles. The molecule has 0 unspecified atom stereocenters. The van der Waals surface area contributed by atoms with Gasteiger partial charge in [0.1, 0.15) is 23.7 Å². The number of halogens is 1. The van der Waals surface area contributed by atoms with Crippen LogP contribution in [0, 0.1) is 5.41 Å². The van der Waals surface area contributed by atoms with Gasteiger partial charge in [-0.2, -0.15) is 4.68 Å². The number of nitrogens with zero attached hydrogens (tertiary/aromatic N) is 5. The number of fused-ring (bicyclic) bond motifs is 1. The number of H-pyrrole nitrogens is 1. The number of rotatable bonds is 9. The molecular formula is C39H41ClN10O7. The summed E-state index contributed by atoms with van der Waals surface area (Å²) in [6.07, 6.45) is 3.10. The first-order chi connectivity index (χ1) is 27.2. The number of amides is 5. The number of aromatic amines is 1. The van der Waals surface area contributed by atoms with Crippen molar-refractivity contribution in [2.45, 2.75) is 51.7 Å². The largest absolute Gasteiger partial charge is 0.455 e. The molecule has 5 amide bonds. The third-order valence-corrected chi connectivity index (χ3v) is 9.95. The van der Waals surface area contributed by atoms with Crippen molar-refractivity contribution < 1.29 is 33.4 Å². The zero-order chi connectivity index (χ0) is 40.3. The smallest absolute Gasteiger partial charge is 0.355 e. The van der Waals surface area contributed by atoms with Gasteiger partial charge >= 0.3 is 23.8 Å². The number of carbonyl (C=O) groups excluding carboxylic acids is 5. The maximum atomic E-state index is 13.9. The van der Waals surface area contributed by atoms with Gasteiger partial charge in [-0.25, -0.2) is 9.59 Å². The van der Waals surface area contributed by atoms with Crippen LogP contribution in [0.15, 0.2) is 73.1 Å². The molecule has 1 atom stereocenters. The lowest BCUT2D eigenvalue weighted by Crippen LogP contribution is -2.52. The van der Waals surface area contributed by atoms with Crippen LogP contribution in [0.1, 0.15) is 49.7 Å². The molecule has 17 nitrogen and oxygen atoms in total. The number of piperidine rings is 1. The van der Waals surface area contributed by atoms with E-state index < -0.39 is 35.3 Å². The third kappa shape index (κ3) is 9.38. The van der Waals surface area contributed by atoms with Gasteiger partial charge in [0.05, 0.1) is 24.6 Å². The Labute approximate surface area is 331 Å². The molecule has 18 heteroatoms. The Morgan fingerprint density at radius 3 is 2.32 bits per heavy atom. The third-order valence-electron chi connectivity index (χ3n) is 9.71. The van der Waals surface area contributed by atoms with Gasteiger partial charge in [0.15, 0.2) is 0 Å². The lowest BCUT2D eigenvalue weighted by Gasteiger charge is -2.47. The van der Waals surface area contributed by atoms with Crippen molar-refractivity contribution in [3.8, 4) is 5.69 Å². The Kier molecular flexibility index (Phi) is 10.9. The molecule has 296 valence electrons. The van der Waals surface area contributed by atoms with Crippen LogP contribution >= 0.6 is 11.6 Å². The maximum Gasteiger partial charge on any atom is 0.355 e. The molecule has 5 N–H and O–H groups in total. The van der Waals surface area contributed by atoms with Crippen LogP contribution in [0.25, 0.3) is 16.6 Å². The van der Waals surface area contributed by atoms with Crippen LogP contribution in [-0.2, 0) is 30.3 Å². The molecule has 1 spiro atoms. The Balaban J connectivity index is 1.06. The first-order valence-corrected chi connectivity index (χ1v) is 18.6. The molecule has 3 aromatic carbocycles. The van der Waals surface area contributed by atoms with Gasteiger partial charge in [-0.1, -0.05) is 23.7 Å². The highest BCUT2D eigenvalue weighted by Gasteiger charge is 2.42. The second-order valence-corrected chi connectivity index (χ2v) is 15.6. The number of carbonyl (C=O) groups is 5. The molecule has 0 saturated carbocycles. The fraction of sp³-hybridized carbons (Fsp3) is 0.333. The molecule has 2 aliphatic rings. The number of hydrogen-bond acceptors (Lipinski definition) is 10. The summed E-state index contributed by atoms with van der Waals surface area (Å²) in [6, 6.07) is 16.6. The number of aromatic nitrogens is 5. The normalized spacial score (nSPS) is 15.3. The minimum absolute atomic E-state index is 0.0163. The zero-order valence-corrected chi connectivity index (χ0v) is 32.2. The van der Waals surface area contributed by atoms with E-state index >= 15 is 0 Å². The van der Waals surface area contributed by atoms with Crippen molar-refractivity contribution >= 4 is 69.3 Å². The van der Waals surface area contributed by atoms with E-state index in [1.165, 1.54) is 17.1 Å². The van der Waals surface area contributed by atoms with E-state index in [2.05, 4.69) is 41.8 Å². The molecule has 57 heavy (non-hydrogen) atoms. The first-order valence-electron chi connectivity index (χ1n) is 18.3. The number of likely N-dealkylation sites (tertiary alicyclic amines) is 1. The molecule has 0 radical (unpaired) electrons. The van der Waals surface area contributed by atoms with Crippen LogP contribution in [-0.4, -0.2) is 97.8 Å². The summed E-state index contributed by atoms with van der Waals surface area (Å²) in [5.74, 6) is -3.31. The van der Waals surface area contributed by atoms with Gasteiger partial charge in [-0.3, -0.25) is 14.4 Å². The Hall–Kier alpha value is -6.33. The van der Waals surface area contributed by atoms with Gasteiger partial charge < -0.3 is 40.6 Å². The number of anilines is 3. The summed E-state index contributed by atoms with van der Waals surface area (Å²) in [6.45, 7) is 8.11. The summed E-state index contributed by atoms with van der Waals surface area (Å²) in [4.78, 5) is 71.1. The maximum absolute atomic E-state index is 13.9. The zero-order valence-electron chi connectivity index (χ0n) is 31.4. The highest BCUT2D eigenvalue weighted by molar-refractivity contribution is 6.40. The van der Waals surface area contributed by atoms with Crippen LogP contribution < -0.4 is 21.3 Å².